The molecule has 0 aliphatic heterocycles. The number of fused-ring (bicyclic) bond motifs is 1. The number of hydrogen-bond donors (Lipinski definition) is 2. The zero-order chi connectivity index (χ0) is 19.1. The molecule has 0 unspecified atom stereocenters. The molecule has 0 aliphatic rings. The lowest BCUT2D eigenvalue weighted by atomic mass is 10.0. The van der Waals surface area contributed by atoms with Crippen molar-refractivity contribution in [2.45, 2.75) is 0 Å². The van der Waals surface area contributed by atoms with Gasteiger partial charge in [0.2, 0.25) is 0 Å². The number of nitrogen functional groups attached to an aromatic ring is 1. The topological polar surface area (TPSA) is 126 Å². The summed E-state index contributed by atoms with van der Waals surface area (Å²) in [4.78, 5) is 24.7. The Hall–Kier alpha value is -3.52. The van der Waals surface area contributed by atoms with Gasteiger partial charge in [-0.15, -0.1) is 0 Å². The van der Waals surface area contributed by atoms with Gasteiger partial charge in [0.05, 0.1) is 16.2 Å². The largest absolute Gasteiger partial charge is 0.382 e. The van der Waals surface area contributed by atoms with Gasteiger partial charge in [0.15, 0.2) is 11.5 Å². The molecule has 0 bridgehead atoms. The van der Waals surface area contributed by atoms with Crippen molar-refractivity contribution < 1.29 is 4.79 Å². The van der Waals surface area contributed by atoms with Crippen molar-refractivity contribution in [1.29, 1.82) is 0 Å². The van der Waals surface area contributed by atoms with Crippen LogP contribution in [0, 0.1) is 0 Å². The van der Waals surface area contributed by atoms with Crippen molar-refractivity contribution >= 4 is 34.2 Å². The molecule has 0 aliphatic carbocycles. The van der Waals surface area contributed by atoms with E-state index in [1.54, 1.807) is 36.3 Å². The molecule has 1 aromatic carbocycles. The highest BCUT2D eigenvalue weighted by molar-refractivity contribution is 6.35. The van der Waals surface area contributed by atoms with Gasteiger partial charge in [-0.25, -0.2) is 9.97 Å². The monoisotopic (exact) mass is 379 g/mol. The van der Waals surface area contributed by atoms with Crippen molar-refractivity contribution in [3.8, 4) is 22.6 Å². The third kappa shape index (κ3) is 2.96. The molecule has 0 fully saturated rings. The minimum Gasteiger partial charge on any atom is -0.382 e. The van der Waals surface area contributed by atoms with Gasteiger partial charge in [0.1, 0.15) is 11.4 Å². The molecule has 0 saturated carbocycles. The first kappa shape index (κ1) is 16.9. The zero-order valence-corrected chi connectivity index (χ0v) is 15.0. The minimum absolute atomic E-state index is 0.0551. The summed E-state index contributed by atoms with van der Waals surface area (Å²) >= 11 is 6.40. The highest BCUT2D eigenvalue weighted by Gasteiger charge is 2.20. The minimum atomic E-state index is -0.762. The number of carbonyl (C=O) groups excluding carboxylic acids is 1. The number of benzene rings is 1. The van der Waals surface area contributed by atoms with Crippen LogP contribution in [0.15, 0.2) is 42.7 Å². The van der Waals surface area contributed by atoms with E-state index in [4.69, 9.17) is 23.1 Å². The average molecular weight is 380 g/mol. The number of amides is 1. The number of primary amides is 1. The number of carbonyl (C=O) groups is 1. The molecule has 8 nitrogen and oxygen atoms in total. The lowest BCUT2D eigenvalue weighted by Gasteiger charge is -2.11. The van der Waals surface area contributed by atoms with Crippen LogP contribution in [0.5, 0.6) is 0 Å². The van der Waals surface area contributed by atoms with Gasteiger partial charge in [0, 0.05) is 30.4 Å². The van der Waals surface area contributed by atoms with E-state index in [-0.39, 0.29) is 11.5 Å². The molecule has 3 heterocycles. The quantitative estimate of drug-likeness (QED) is 0.563. The maximum Gasteiger partial charge on any atom is 0.271 e. The average Bonchev–Trinajstić information content (AvgIpc) is 3.07. The zero-order valence-electron chi connectivity index (χ0n) is 14.2. The number of pyridine rings is 1. The highest BCUT2D eigenvalue weighted by Crippen LogP contribution is 2.34. The third-order valence-electron chi connectivity index (χ3n) is 4.04. The summed E-state index contributed by atoms with van der Waals surface area (Å²) in [5.41, 5.74) is 13.9. The predicted octanol–water partition coefficient (Wildman–Crippen LogP) is 2.43. The van der Waals surface area contributed by atoms with Gasteiger partial charge in [-0.1, -0.05) is 17.7 Å². The maximum atomic E-state index is 11.7. The number of nitrogens with zero attached hydrogens (tertiary/aromatic N) is 5. The van der Waals surface area contributed by atoms with Crippen molar-refractivity contribution in [2.24, 2.45) is 12.8 Å². The maximum absolute atomic E-state index is 11.7. The van der Waals surface area contributed by atoms with Crippen LogP contribution in [-0.4, -0.2) is 30.6 Å². The second kappa shape index (κ2) is 6.33. The summed E-state index contributed by atoms with van der Waals surface area (Å²) in [5.74, 6) is -0.817. The second-order valence-electron chi connectivity index (χ2n) is 5.93. The molecular weight excluding hydrogens is 366 g/mol. The summed E-state index contributed by atoms with van der Waals surface area (Å²) < 4.78 is 1.64. The van der Waals surface area contributed by atoms with Crippen LogP contribution >= 0.6 is 11.6 Å². The third-order valence-corrected chi connectivity index (χ3v) is 4.33. The van der Waals surface area contributed by atoms with Gasteiger partial charge >= 0.3 is 0 Å². The Balaban J connectivity index is 2.03. The van der Waals surface area contributed by atoms with E-state index in [2.05, 4.69) is 20.1 Å². The molecule has 4 rings (SSSR count). The number of hydrogen-bond acceptors (Lipinski definition) is 6. The van der Waals surface area contributed by atoms with Gasteiger partial charge in [0.25, 0.3) is 5.91 Å². The van der Waals surface area contributed by atoms with E-state index in [1.165, 1.54) is 0 Å². The first-order chi connectivity index (χ1) is 12.9. The molecule has 27 heavy (non-hydrogen) atoms. The predicted molar refractivity (Wildman–Crippen MR) is 103 cm³/mol. The highest BCUT2D eigenvalue weighted by atomic mass is 35.5. The van der Waals surface area contributed by atoms with Crippen LogP contribution in [-0.2, 0) is 7.05 Å². The molecule has 0 radical (unpaired) electrons. The van der Waals surface area contributed by atoms with Crippen LogP contribution < -0.4 is 11.5 Å². The van der Waals surface area contributed by atoms with E-state index in [0.29, 0.717) is 33.2 Å². The van der Waals surface area contributed by atoms with Crippen molar-refractivity contribution in [3.05, 3.63) is 53.4 Å². The van der Waals surface area contributed by atoms with Crippen molar-refractivity contribution in [1.82, 2.24) is 24.7 Å². The van der Waals surface area contributed by atoms with Gasteiger partial charge < -0.3 is 11.5 Å². The van der Waals surface area contributed by atoms with Crippen LogP contribution in [0.3, 0.4) is 0 Å². The first-order valence-corrected chi connectivity index (χ1v) is 8.34. The standard InChI is InChI=1S/C18H14ClN7O/c1-26-6-4-12(25-26)15-14(23-16(18(21)27)17(20)24-15)10-7-9-3-2-5-22-13(9)11(19)8-10/h2-8H,1H3,(H2,20,24)(H2,21,27). The van der Waals surface area contributed by atoms with Gasteiger partial charge in [-0.2, -0.15) is 5.10 Å². The molecule has 0 spiro atoms. The van der Waals surface area contributed by atoms with E-state index >= 15 is 0 Å². The summed E-state index contributed by atoms with van der Waals surface area (Å²) in [6.45, 7) is 0. The number of aryl methyl sites for hydroxylation is 1. The Kier molecular flexibility index (Phi) is 3.97. The fourth-order valence-corrected chi connectivity index (χ4v) is 3.11. The molecule has 1 amide bonds. The normalized spacial score (nSPS) is 11.0. The summed E-state index contributed by atoms with van der Waals surface area (Å²) in [6.07, 6.45) is 3.44. The second-order valence-corrected chi connectivity index (χ2v) is 6.33. The summed E-state index contributed by atoms with van der Waals surface area (Å²) in [6, 6.07) is 9.06. The first-order valence-electron chi connectivity index (χ1n) is 7.96. The van der Waals surface area contributed by atoms with Gasteiger partial charge in [-0.05, 0) is 24.3 Å². The van der Waals surface area contributed by atoms with Crippen molar-refractivity contribution in [3.63, 3.8) is 0 Å². The van der Waals surface area contributed by atoms with Crippen LogP contribution in [0.25, 0.3) is 33.5 Å². The van der Waals surface area contributed by atoms with E-state index in [0.717, 1.165) is 5.39 Å². The lowest BCUT2D eigenvalue weighted by molar-refractivity contribution is 0.0996. The Morgan fingerprint density at radius 3 is 2.70 bits per heavy atom. The van der Waals surface area contributed by atoms with E-state index in [1.807, 2.05) is 18.2 Å². The Morgan fingerprint density at radius 2 is 2.00 bits per heavy atom. The SMILES string of the molecule is Cn1ccc(-c2nc(N)c(C(N)=O)nc2-c2cc(Cl)c3ncccc3c2)n1. The molecule has 4 N–H and O–H groups in total. The molecule has 134 valence electrons. The van der Waals surface area contributed by atoms with Crippen LogP contribution in [0.2, 0.25) is 5.02 Å². The fourth-order valence-electron chi connectivity index (χ4n) is 2.84. The molecule has 9 heteroatoms. The Labute approximate surface area is 158 Å². The number of nitrogens with two attached hydrogens (primary N) is 2. The van der Waals surface area contributed by atoms with E-state index < -0.39 is 5.91 Å². The van der Waals surface area contributed by atoms with E-state index in [9.17, 15) is 4.79 Å². The van der Waals surface area contributed by atoms with Crippen LogP contribution in [0.1, 0.15) is 10.5 Å². The van der Waals surface area contributed by atoms with Gasteiger partial charge in [-0.3, -0.25) is 14.5 Å². The molecule has 3 aromatic heterocycles. The lowest BCUT2D eigenvalue weighted by Crippen LogP contribution is -2.18. The summed E-state index contributed by atoms with van der Waals surface area (Å²) in [5, 5.41) is 5.64. The molecular formula is C18H14ClN7O. The number of anilines is 1. The Bertz CT molecular complexity index is 1200. The molecule has 0 saturated heterocycles. The smallest absolute Gasteiger partial charge is 0.271 e. The molecule has 0 atom stereocenters. The molecule has 4 aromatic rings. The van der Waals surface area contributed by atoms with Crippen LogP contribution in [0.4, 0.5) is 5.82 Å². The number of aromatic nitrogens is 5. The summed E-state index contributed by atoms with van der Waals surface area (Å²) in [7, 11) is 1.79. The van der Waals surface area contributed by atoms with Crippen molar-refractivity contribution in [2.75, 3.05) is 5.73 Å². The number of rotatable bonds is 3. The number of halogens is 1. The fraction of sp³-hybridized carbons (Fsp3) is 0.0556. The Morgan fingerprint density at radius 1 is 1.19 bits per heavy atom.